The van der Waals surface area contributed by atoms with Crippen LogP contribution in [0.2, 0.25) is 0 Å². The van der Waals surface area contributed by atoms with Crippen molar-refractivity contribution < 1.29 is 23.5 Å². The Hall–Kier alpha value is -4.20. The number of benzene rings is 3. The summed E-state index contributed by atoms with van der Waals surface area (Å²) in [6, 6.07) is 17.6. The van der Waals surface area contributed by atoms with Crippen LogP contribution in [0, 0.1) is 12.7 Å². The first kappa shape index (κ1) is 23.5. The van der Waals surface area contributed by atoms with Crippen molar-refractivity contribution in [2.24, 2.45) is 5.10 Å². The van der Waals surface area contributed by atoms with Gasteiger partial charge in [-0.15, -0.1) is 0 Å². The molecule has 3 rings (SSSR count). The number of aryl methyl sites for hydroxylation is 1. The molecule has 0 aliphatic rings. The fourth-order valence-corrected chi connectivity index (χ4v) is 2.87. The molecule has 0 radical (unpaired) electrons. The first-order valence-corrected chi connectivity index (χ1v) is 10.3. The predicted octanol–water partition coefficient (Wildman–Crippen LogP) is 4.31. The molecule has 0 fully saturated rings. The fourth-order valence-electron chi connectivity index (χ4n) is 2.87. The number of ether oxygens (including phenoxy) is 2. The third-order valence-electron chi connectivity index (χ3n) is 4.54. The zero-order valence-electron chi connectivity index (χ0n) is 18.3. The number of halogens is 1. The topological polar surface area (TPSA) is 89.0 Å². The van der Waals surface area contributed by atoms with Gasteiger partial charge in [-0.2, -0.15) is 5.10 Å². The largest absolute Gasteiger partial charge is 0.490 e. The molecule has 0 atom stereocenters. The number of para-hydroxylation sites is 1. The van der Waals surface area contributed by atoms with E-state index < -0.39 is 11.8 Å². The molecule has 0 unspecified atom stereocenters. The molecular formula is C25H24FN3O4. The van der Waals surface area contributed by atoms with E-state index in [-0.39, 0.29) is 23.8 Å². The van der Waals surface area contributed by atoms with E-state index >= 15 is 0 Å². The summed E-state index contributed by atoms with van der Waals surface area (Å²) < 4.78 is 24.0. The number of hydrogen-bond acceptors (Lipinski definition) is 6. The van der Waals surface area contributed by atoms with E-state index in [1.54, 1.807) is 25.1 Å². The van der Waals surface area contributed by atoms with E-state index in [1.165, 1.54) is 30.5 Å². The van der Waals surface area contributed by atoms with Gasteiger partial charge >= 0.3 is 5.97 Å². The fraction of sp³-hybridized carbons (Fsp3) is 0.160. The van der Waals surface area contributed by atoms with Gasteiger partial charge in [0.05, 0.1) is 24.9 Å². The SMILES string of the molecule is CCOc1cc(/C=N/NC(=O)CNc2ccccc2C)ccc1OC(=O)c1ccc(F)cc1. The number of carbonyl (C=O) groups is 2. The molecular weight excluding hydrogens is 425 g/mol. The minimum absolute atomic E-state index is 0.0741. The predicted molar refractivity (Wildman–Crippen MR) is 124 cm³/mol. The molecule has 0 bridgehead atoms. The Balaban J connectivity index is 1.60. The second-order valence-electron chi connectivity index (χ2n) is 7.00. The normalized spacial score (nSPS) is 10.6. The van der Waals surface area contributed by atoms with Crippen LogP contribution in [-0.4, -0.2) is 31.2 Å². The number of amides is 1. The third kappa shape index (κ3) is 6.90. The van der Waals surface area contributed by atoms with Gasteiger partial charge in [0.1, 0.15) is 5.82 Å². The lowest BCUT2D eigenvalue weighted by Gasteiger charge is -2.11. The molecule has 7 nitrogen and oxygen atoms in total. The molecule has 0 heterocycles. The smallest absolute Gasteiger partial charge is 0.343 e. The summed E-state index contributed by atoms with van der Waals surface area (Å²) in [5.74, 6) is -0.822. The van der Waals surface area contributed by atoms with Crippen LogP contribution in [0.15, 0.2) is 71.8 Å². The molecule has 0 aliphatic heterocycles. The summed E-state index contributed by atoms with van der Waals surface area (Å²) in [6.07, 6.45) is 1.46. The molecule has 3 aromatic rings. The molecule has 0 saturated carbocycles. The maximum Gasteiger partial charge on any atom is 0.343 e. The number of hydrogen-bond donors (Lipinski definition) is 2. The zero-order chi connectivity index (χ0) is 23.6. The van der Waals surface area contributed by atoms with Gasteiger partial charge in [0, 0.05) is 5.69 Å². The molecule has 0 spiro atoms. The maximum atomic E-state index is 13.1. The Morgan fingerprint density at radius 3 is 2.52 bits per heavy atom. The lowest BCUT2D eigenvalue weighted by atomic mass is 10.2. The standard InChI is InChI=1S/C25H24FN3O4/c1-3-32-23-14-18(8-13-22(23)33-25(31)19-9-11-20(26)12-10-19)15-28-29-24(30)16-27-21-7-5-4-6-17(21)2/h4-15,27H,3,16H2,1-2H3,(H,29,30)/b28-15+. The van der Waals surface area contributed by atoms with Crippen molar-refractivity contribution in [3.63, 3.8) is 0 Å². The first-order chi connectivity index (χ1) is 16.0. The highest BCUT2D eigenvalue weighted by Gasteiger charge is 2.13. The Morgan fingerprint density at radius 2 is 1.79 bits per heavy atom. The van der Waals surface area contributed by atoms with Crippen molar-refractivity contribution in [1.82, 2.24) is 5.43 Å². The van der Waals surface area contributed by atoms with Crippen molar-refractivity contribution in [2.75, 3.05) is 18.5 Å². The van der Waals surface area contributed by atoms with E-state index in [2.05, 4.69) is 15.8 Å². The van der Waals surface area contributed by atoms with Crippen LogP contribution in [0.25, 0.3) is 0 Å². The van der Waals surface area contributed by atoms with E-state index in [4.69, 9.17) is 9.47 Å². The minimum atomic E-state index is -0.634. The second kappa shape index (κ2) is 11.4. The Labute approximate surface area is 191 Å². The van der Waals surface area contributed by atoms with Crippen molar-refractivity contribution >= 4 is 23.8 Å². The highest BCUT2D eigenvalue weighted by Crippen LogP contribution is 2.29. The van der Waals surface area contributed by atoms with Gasteiger partial charge in [-0.3, -0.25) is 4.79 Å². The molecule has 0 aromatic heterocycles. The lowest BCUT2D eigenvalue weighted by Crippen LogP contribution is -2.26. The summed E-state index contributed by atoms with van der Waals surface area (Å²) >= 11 is 0. The van der Waals surface area contributed by atoms with Crippen molar-refractivity contribution in [2.45, 2.75) is 13.8 Å². The number of anilines is 1. The van der Waals surface area contributed by atoms with Gasteiger partial charge < -0.3 is 14.8 Å². The highest BCUT2D eigenvalue weighted by atomic mass is 19.1. The minimum Gasteiger partial charge on any atom is -0.490 e. The van der Waals surface area contributed by atoms with Crippen LogP contribution in [0.5, 0.6) is 11.5 Å². The summed E-state index contributed by atoms with van der Waals surface area (Å²) in [6.45, 7) is 4.18. The van der Waals surface area contributed by atoms with Crippen LogP contribution < -0.4 is 20.2 Å². The van der Waals surface area contributed by atoms with Crippen LogP contribution in [0.3, 0.4) is 0 Å². The molecule has 3 aromatic carbocycles. The highest BCUT2D eigenvalue weighted by molar-refractivity contribution is 5.91. The monoisotopic (exact) mass is 449 g/mol. The Bertz CT molecular complexity index is 1150. The molecule has 2 N–H and O–H groups in total. The number of carbonyl (C=O) groups excluding carboxylic acids is 2. The van der Waals surface area contributed by atoms with Gasteiger partial charge in [0.25, 0.3) is 5.91 Å². The average Bonchev–Trinajstić information content (AvgIpc) is 2.80. The van der Waals surface area contributed by atoms with Gasteiger partial charge in [-0.05, 0) is 73.5 Å². The van der Waals surface area contributed by atoms with Crippen LogP contribution in [0.4, 0.5) is 10.1 Å². The summed E-state index contributed by atoms with van der Waals surface area (Å²) in [5.41, 5.74) is 5.22. The number of hydrazone groups is 1. The van der Waals surface area contributed by atoms with Crippen molar-refractivity contribution in [1.29, 1.82) is 0 Å². The Kier molecular flexibility index (Phi) is 8.13. The van der Waals surface area contributed by atoms with Crippen LogP contribution in [-0.2, 0) is 4.79 Å². The van der Waals surface area contributed by atoms with E-state index in [1.807, 2.05) is 31.2 Å². The van der Waals surface area contributed by atoms with Crippen molar-refractivity contribution in [3.05, 3.63) is 89.2 Å². The molecule has 33 heavy (non-hydrogen) atoms. The first-order valence-electron chi connectivity index (χ1n) is 10.3. The zero-order valence-corrected chi connectivity index (χ0v) is 18.3. The average molecular weight is 449 g/mol. The summed E-state index contributed by atoms with van der Waals surface area (Å²) in [5, 5.41) is 7.01. The number of nitrogens with one attached hydrogen (secondary N) is 2. The van der Waals surface area contributed by atoms with Crippen LogP contribution in [0.1, 0.15) is 28.4 Å². The van der Waals surface area contributed by atoms with E-state index in [9.17, 15) is 14.0 Å². The van der Waals surface area contributed by atoms with E-state index in [0.717, 1.165) is 11.3 Å². The number of rotatable bonds is 9. The van der Waals surface area contributed by atoms with Gasteiger partial charge in [0.2, 0.25) is 0 Å². The Morgan fingerprint density at radius 1 is 1.03 bits per heavy atom. The maximum absolute atomic E-state index is 13.1. The van der Waals surface area contributed by atoms with Gasteiger partial charge in [-0.25, -0.2) is 14.6 Å². The molecule has 0 saturated heterocycles. The molecule has 1 amide bonds. The lowest BCUT2D eigenvalue weighted by molar-refractivity contribution is -0.119. The quantitative estimate of drug-likeness (QED) is 0.220. The molecule has 0 aliphatic carbocycles. The van der Waals surface area contributed by atoms with Crippen molar-refractivity contribution in [3.8, 4) is 11.5 Å². The number of nitrogens with zero attached hydrogens (tertiary/aromatic N) is 1. The summed E-state index contributed by atoms with van der Waals surface area (Å²) in [7, 11) is 0. The van der Waals surface area contributed by atoms with E-state index in [0.29, 0.717) is 17.9 Å². The van der Waals surface area contributed by atoms with Gasteiger partial charge in [-0.1, -0.05) is 18.2 Å². The molecule has 8 heteroatoms. The number of esters is 1. The van der Waals surface area contributed by atoms with Gasteiger partial charge in [0.15, 0.2) is 11.5 Å². The molecule has 170 valence electrons. The van der Waals surface area contributed by atoms with Crippen LogP contribution >= 0.6 is 0 Å². The second-order valence-corrected chi connectivity index (χ2v) is 7.00. The summed E-state index contributed by atoms with van der Waals surface area (Å²) in [4.78, 5) is 24.3. The third-order valence-corrected chi connectivity index (χ3v) is 4.54.